The SMILES string of the molecule is CN1Cc2cc3c(cc2C1)C(=O)C(C1CCC(O)NC1=O)C3=O. The third kappa shape index (κ3) is 2.13. The van der Waals surface area contributed by atoms with Gasteiger partial charge in [-0.15, -0.1) is 0 Å². The Morgan fingerprint density at radius 3 is 2.13 bits per heavy atom. The molecule has 0 saturated carbocycles. The molecule has 0 aromatic heterocycles. The number of nitrogens with one attached hydrogen (secondary N) is 1. The van der Waals surface area contributed by atoms with Gasteiger partial charge in [-0.25, -0.2) is 0 Å². The largest absolute Gasteiger partial charge is 0.374 e. The van der Waals surface area contributed by atoms with Crippen LogP contribution in [0.5, 0.6) is 0 Å². The summed E-state index contributed by atoms with van der Waals surface area (Å²) in [5.41, 5.74) is 3.06. The van der Waals surface area contributed by atoms with Gasteiger partial charge in [-0.3, -0.25) is 19.3 Å². The number of hydrogen-bond acceptors (Lipinski definition) is 5. The summed E-state index contributed by atoms with van der Waals surface area (Å²) in [7, 11) is 2.00. The van der Waals surface area contributed by atoms with Gasteiger partial charge in [0.2, 0.25) is 5.91 Å². The molecule has 1 aliphatic carbocycles. The predicted molar refractivity (Wildman–Crippen MR) is 80.6 cm³/mol. The molecule has 1 fully saturated rings. The van der Waals surface area contributed by atoms with Crippen LogP contribution in [0, 0.1) is 11.8 Å². The molecule has 6 nitrogen and oxygen atoms in total. The minimum Gasteiger partial charge on any atom is -0.374 e. The second kappa shape index (κ2) is 4.97. The lowest BCUT2D eigenvalue weighted by molar-refractivity contribution is -0.132. The van der Waals surface area contributed by atoms with Gasteiger partial charge in [0.1, 0.15) is 6.23 Å². The second-order valence-corrected chi connectivity index (χ2v) is 6.75. The van der Waals surface area contributed by atoms with E-state index in [0.717, 1.165) is 24.2 Å². The molecule has 1 amide bonds. The van der Waals surface area contributed by atoms with Crippen LogP contribution in [-0.4, -0.2) is 40.8 Å². The van der Waals surface area contributed by atoms with Crippen molar-refractivity contribution in [3.05, 3.63) is 34.4 Å². The number of aliphatic hydroxyl groups is 1. The van der Waals surface area contributed by atoms with Gasteiger partial charge in [0.25, 0.3) is 0 Å². The van der Waals surface area contributed by atoms with Crippen LogP contribution in [0.1, 0.15) is 44.7 Å². The molecule has 6 heteroatoms. The number of benzene rings is 1. The minimum atomic E-state index is -0.933. The number of Topliss-reactive ketones (excluding diaryl/α,β-unsaturated/α-hetero) is 2. The van der Waals surface area contributed by atoms with Crippen LogP contribution < -0.4 is 5.32 Å². The summed E-state index contributed by atoms with van der Waals surface area (Å²) < 4.78 is 0. The fourth-order valence-corrected chi connectivity index (χ4v) is 3.98. The van der Waals surface area contributed by atoms with Crippen LogP contribution >= 0.6 is 0 Å². The first-order valence-electron chi connectivity index (χ1n) is 7.87. The van der Waals surface area contributed by atoms with E-state index in [2.05, 4.69) is 10.2 Å². The normalized spacial score (nSPS) is 28.0. The van der Waals surface area contributed by atoms with Crippen molar-refractivity contribution < 1.29 is 19.5 Å². The van der Waals surface area contributed by atoms with E-state index in [4.69, 9.17) is 0 Å². The number of carbonyl (C=O) groups is 3. The summed E-state index contributed by atoms with van der Waals surface area (Å²) in [6, 6.07) is 3.65. The summed E-state index contributed by atoms with van der Waals surface area (Å²) in [5.74, 6) is -2.52. The maximum Gasteiger partial charge on any atom is 0.226 e. The Morgan fingerprint density at radius 2 is 1.61 bits per heavy atom. The number of ketones is 2. The van der Waals surface area contributed by atoms with Gasteiger partial charge in [-0.1, -0.05) is 0 Å². The Balaban J connectivity index is 1.69. The Bertz CT molecular complexity index is 697. The molecule has 3 aliphatic rings. The molecule has 4 rings (SSSR count). The van der Waals surface area contributed by atoms with Gasteiger partial charge in [-0.05, 0) is 43.1 Å². The Kier molecular flexibility index (Phi) is 3.14. The highest BCUT2D eigenvalue weighted by atomic mass is 16.3. The maximum absolute atomic E-state index is 12.7. The Hall–Kier alpha value is -2.05. The number of piperidine rings is 1. The zero-order chi connectivity index (χ0) is 16.3. The van der Waals surface area contributed by atoms with Gasteiger partial charge in [-0.2, -0.15) is 0 Å². The number of nitrogens with zero attached hydrogens (tertiary/aromatic N) is 1. The van der Waals surface area contributed by atoms with E-state index >= 15 is 0 Å². The van der Waals surface area contributed by atoms with Crippen molar-refractivity contribution in [3.63, 3.8) is 0 Å². The quantitative estimate of drug-likeness (QED) is 0.736. The number of amides is 1. The van der Waals surface area contributed by atoms with Crippen LogP contribution in [0.2, 0.25) is 0 Å². The molecule has 2 N–H and O–H groups in total. The highest BCUT2D eigenvalue weighted by molar-refractivity contribution is 6.27. The van der Waals surface area contributed by atoms with Gasteiger partial charge in [0.15, 0.2) is 11.6 Å². The third-order valence-electron chi connectivity index (χ3n) is 5.12. The van der Waals surface area contributed by atoms with Crippen molar-refractivity contribution in [1.29, 1.82) is 0 Å². The highest BCUT2D eigenvalue weighted by Gasteiger charge is 2.47. The molecular formula is C17H18N2O4. The van der Waals surface area contributed by atoms with Crippen molar-refractivity contribution in [2.24, 2.45) is 11.8 Å². The number of rotatable bonds is 1. The molecule has 0 spiro atoms. The molecule has 2 unspecified atom stereocenters. The van der Waals surface area contributed by atoms with Crippen LogP contribution in [0.25, 0.3) is 0 Å². The topological polar surface area (TPSA) is 86.7 Å². The Labute approximate surface area is 133 Å². The summed E-state index contributed by atoms with van der Waals surface area (Å²) in [4.78, 5) is 39.7. The Morgan fingerprint density at radius 1 is 1.04 bits per heavy atom. The molecule has 2 aliphatic heterocycles. The van der Waals surface area contributed by atoms with E-state index in [1.165, 1.54) is 0 Å². The summed E-state index contributed by atoms with van der Waals surface area (Å²) in [6.45, 7) is 1.54. The van der Waals surface area contributed by atoms with Crippen LogP contribution in [0.15, 0.2) is 12.1 Å². The molecule has 2 atom stereocenters. The number of carbonyl (C=O) groups excluding carboxylic acids is 3. The standard InChI is InChI=1S/C17H18N2O4/c1-19-6-8-4-11-12(5-9(8)7-19)16(22)14(15(11)21)10-2-3-13(20)18-17(10)23/h4-5,10,13-14,20H,2-3,6-7H2,1H3,(H,18,23). The predicted octanol–water partition coefficient (Wildman–Crippen LogP) is 0.472. The average molecular weight is 314 g/mol. The van der Waals surface area contributed by atoms with Gasteiger partial charge >= 0.3 is 0 Å². The van der Waals surface area contributed by atoms with Crippen molar-refractivity contribution in [1.82, 2.24) is 10.2 Å². The highest BCUT2D eigenvalue weighted by Crippen LogP contribution is 2.38. The molecule has 0 bridgehead atoms. The summed E-state index contributed by atoms with van der Waals surface area (Å²) in [5, 5.41) is 11.9. The third-order valence-corrected chi connectivity index (χ3v) is 5.12. The zero-order valence-corrected chi connectivity index (χ0v) is 12.8. The molecule has 1 saturated heterocycles. The molecule has 23 heavy (non-hydrogen) atoms. The van der Waals surface area contributed by atoms with Crippen molar-refractivity contribution >= 4 is 17.5 Å². The lowest BCUT2D eigenvalue weighted by Gasteiger charge is -2.28. The fourth-order valence-electron chi connectivity index (χ4n) is 3.98. The lowest BCUT2D eigenvalue weighted by Crippen LogP contribution is -2.48. The van der Waals surface area contributed by atoms with Crippen molar-refractivity contribution in [2.75, 3.05) is 7.05 Å². The van der Waals surface area contributed by atoms with E-state index in [1.807, 2.05) is 19.2 Å². The lowest BCUT2D eigenvalue weighted by atomic mass is 9.82. The molecule has 120 valence electrons. The summed E-state index contributed by atoms with van der Waals surface area (Å²) in [6.07, 6.45) is -0.163. The molecule has 0 radical (unpaired) electrons. The number of fused-ring (bicyclic) bond motifs is 2. The van der Waals surface area contributed by atoms with Crippen molar-refractivity contribution in [3.8, 4) is 0 Å². The molecule has 1 aromatic carbocycles. The van der Waals surface area contributed by atoms with Gasteiger partial charge < -0.3 is 10.4 Å². The van der Waals surface area contributed by atoms with E-state index in [9.17, 15) is 19.5 Å². The monoisotopic (exact) mass is 314 g/mol. The first-order chi connectivity index (χ1) is 11.0. The molecule has 2 heterocycles. The average Bonchev–Trinajstić information content (AvgIpc) is 2.96. The first kappa shape index (κ1) is 14.5. The molecular weight excluding hydrogens is 296 g/mol. The van der Waals surface area contributed by atoms with E-state index in [-0.39, 0.29) is 11.6 Å². The summed E-state index contributed by atoms with van der Waals surface area (Å²) >= 11 is 0. The van der Waals surface area contributed by atoms with Crippen LogP contribution in [0.4, 0.5) is 0 Å². The van der Waals surface area contributed by atoms with Crippen LogP contribution in [-0.2, 0) is 17.9 Å². The number of hydrogen-bond donors (Lipinski definition) is 2. The van der Waals surface area contributed by atoms with Crippen LogP contribution in [0.3, 0.4) is 0 Å². The van der Waals surface area contributed by atoms with E-state index < -0.39 is 24.0 Å². The van der Waals surface area contributed by atoms with E-state index in [0.29, 0.717) is 24.0 Å². The maximum atomic E-state index is 12.7. The van der Waals surface area contributed by atoms with Crippen molar-refractivity contribution in [2.45, 2.75) is 32.2 Å². The van der Waals surface area contributed by atoms with E-state index in [1.54, 1.807) is 0 Å². The minimum absolute atomic E-state index is 0.251. The first-order valence-corrected chi connectivity index (χ1v) is 7.87. The zero-order valence-electron chi connectivity index (χ0n) is 12.8. The van der Waals surface area contributed by atoms with Gasteiger partial charge in [0, 0.05) is 24.2 Å². The number of aliphatic hydroxyl groups excluding tert-OH is 1. The fraction of sp³-hybridized carbons (Fsp3) is 0.471. The smallest absolute Gasteiger partial charge is 0.226 e. The van der Waals surface area contributed by atoms with Gasteiger partial charge in [0.05, 0.1) is 11.8 Å². The molecule has 1 aromatic rings. The second-order valence-electron chi connectivity index (χ2n) is 6.75.